The molecule has 2 heterocycles. The lowest BCUT2D eigenvalue weighted by molar-refractivity contribution is -0.137. The quantitative estimate of drug-likeness (QED) is 0.724. The molecule has 140 valence electrons. The van der Waals surface area contributed by atoms with Gasteiger partial charge in [0.1, 0.15) is 5.65 Å². The Labute approximate surface area is 157 Å². The average molecular weight is 365 g/mol. The Kier molecular flexibility index (Phi) is 4.99. The predicted octanol–water partition coefficient (Wildman–Crippen LogP) is 3.58. The number of fused-ring (bicyclic) bond motifs is 1. The lowest BCUT2D eigenvalue weighted by Gasteiger charge is -2.22. The van der Waals surface area contributed by atoms with E-state index in [4.69, 9.17) is 0 Å². The Balaban J connectivity index is 1.83. The molecule has 0 saturated heterocycles. The van der Waals surface area contributed by atoms with E-state index in [-0.39, 0.29) is 17.7 Å². The number of carboxylic acid groups (broad SMARTS) is 1. The number of carbonyl (C=O) groups is 2. The topological polar surface area (TPSA) is 83.7 Å². The Hall–Kier alpha value is -3.15. The molecular formula is C21H23N3O3. The minimum absolute atomic E-state index is 0.00425. The van der Waals surface area contributed by atoms with Crippen LogP contribution in [-0.4, -0.2) is 26.4 Å². The summed E-state index contributed by atoms with van der Waals surface area (Å²) in [6, 6.07) is 10.5. The van der Waals surface area contributed by atoms with Gasteiger partial charge >= 0.3 is 5.97 Å². The number of rotatable bonds is 5. The minimum Gasteiger partial charge on any atom is -0.481 e. The largest absolute Gasteiger partial charge is 0.481 e. The first kappa shape index (κ1) is 18.6. The zero-order valence-corrected chi connectivity index (χ0v) is 15.6. The highest BCUT2D eigenvalue weighted by molar-refractivity contribution is 5.94. The van der Waals surface area contributed by atoms with E-state index in [2.05, 4.69) is 31.1 Å². The van der Waals surface area contributed by atoms with E-state index < -0.39 is 12.0 Å². The summed E-state index contributed by atoms with van der Waals surface area (Å²) in [6.07, 6.45) is 4.90. The first-order valence-corrected chi connectivity index (χ1v) is 8.80. The Morgan fingerprint density at radius 2 is 1.85 bits per heavy atom. The average Bonchev–Trinajstić information content (AvgIpc) is 3.07. The van der Waals surface area contributed by atoms with Crippen molar-refractivity contribution in [1.82, 2.24) is 14.7 Å². The number of carbonyl (C=O) groups excluding carboxylic acids is 1. The second-order valence-corrected chi connectivity index (χ2v) is 7.61. The molecule has 1 atom stereocenters. The predicted molar refractivity (Wildman–Crippen MR) is 103 cm³/mol. The lowest BCUT2D eigenvalue weighted by Crippen LogP contribution is -2.30. The first-order valence-electron chi connectivity index (χ1n) is 8.80. The number of hydrogen-bond acceptors (Lipinski definition) is 3. The summed E-state index contributed by atoms with van der Waals surface area (Å²) in [5, 5.41) is 12.1. The zero-order chi connectivity index (χ0) is 19.6. The maximum absolute atomic E-state index is 12.7. The van der Waals surface area contributed by atoms with Crippen molar-refractivity contribution in [3.63, 3.8) is 0 Å². The summed E-state index contributed by atoms with van der Waals surface area (Å²) in [5.41, 5.74) is 3.11. The molecule has 6 nitrogen and oxygen atoms in total. The molecule has 0 aliphatic carbocycles. The van der Waals surface area contributed by atoms with Crippen LogP contribution < -0.4 is 5.32 Å². The van der Waals surface area contributed by atoms with E-state index in [1.54, 1.807) is 35.1 Å². The number of benzene rings is 1. The molecule has 0 fully saturated rings. The van der Waals surface area contributed by atoms with Gasteiger partial charge in [-0.1, -0.05) is 45.0 Å². The summed E-state index contributed by atoms with van der Waals surface area (Å²) in [5.74, 6) is -1.29. The van der Waals surface area contributed by atoms with Crippen molar-refractivity contribution in [2.75, 3.05) is 0 Å². The molecule has 3 rings (SSSR count). The van der Waals surface area contributed by atoms with E-state index in [0.717, 1.165) is 16.8 Å². The summed E-state index contributed by atoms with van der Waals surface area (Å²) >= 11 is 0. The number of carboxylic acids is 1. The van der Waals surface area contributed by atoms with Gasteiger partial charge in [0, 0.05) is 18.6 Å². The summed E-state index contributed by atoms with van der Waals surface area (Å²) in [4.78, 5) is 28.1. The van der Waals surface area contributed by atoms with Crippen LogP contribution in [0.4, 0.5) is 0 Å². The van der Waals surface area contributed by atoms with E-state index >= 15 is 0 Å². The van der Waals surface area contributed by atoms with Gasteiger partial charge < -0.3 is 14.8 Å². The van der Waals surface area contributed by atoms with Gasteiger partial charge in [-0.05, 0) is 28.7 Å². The van der Waals surface area contributed by atoms with Crippen molar-refractivity contribution in [3.05, 3.63) is 71.7 Å². The van der Waals surface area contributed by atoms with Gasteiger partial charge in [-0.3, -0.25) is 9.59 Å². The monoisotopic (exact) mass is 365 g/mol. The van der Waals surface area contributed by atoms with Crippen molar-refractivity contribution < 1.29 is 14.7 Å². The SMILES string of the molecule is CC(C)(C)c1ccc(C(CC(=O)O)NC(=O)c2ccc3nccn3c2)cc1. The van der Waals surface area contributed by atoms with Gasteiger partial charge in [0.15, 0.2) is 0 Å². The number of nitrogens with one attached hydrogen (secondary N) is 1. The van der Waals surface area contributed by atoms with Crippen LogP contribution in [0, 0.1) is 0 Å². The molecule has 27 heavy (non-hydrogen) atoms. The lowest BCUT2D eigenvalue weighted by atomic mass is 9.86. The molecular weight excluding hydrogens is 342 g/mol. The van der Waals surface area contributed by atoms with Crippen molar-refractivity contribution in [2.24, 2.45) is 0 Å². The molecule has 1 unspecified atom stereocenters. The molecule has 0 aliphatic rings. The zero-order valence-electron chi connectivity index (χ0n) is 15.6. The number of hydrogen-bond donors (Lipinski definition) is 2. The van der Waals surface area contributed by atoms with Gasteiger partial charge in [-0.25, -0.2) is 4.98 Å². The molecule has 1 aromatic carbocycles. The maximum Gasteiger partial charge on any atom is 0.305 e. The number of aliphatic carboxylic acids is 1. The molecule has 0 bridgehead atoms. The second kappa shape index (κ2) is 7.23. The van der Waals surface area contributed by atoms with Crippen LogP contribution in [0.5, 0.6) is 0 Å². The Morgan fingerprint density at radius 3 is 2.48 bits per heavy atom. The fourth-order valence-corrected chi connectivity index (χ4v) is 2.94. The van der Waals surface area contributed by atoms with Gasteiger partial charge in [-0.15, -0.1) is 0 Å². The van der Waals surface area contributed by atoms with Gasteiger partial charge in [0.2, 0.25) is 0 Å². The minimum atomic E-state index is -0.967. The fourth-order valence-electron chi connectivity index (χ4n) is 2.94. The van der Waals surface area contributed by atoms with Gasteiger partial charge in [0.05, 0.1) is 18.0 Å². The Bertz CT molecular complexity index is 968. The highest BCUT2D eigenvalue weighted by Crippen LogP contribution is 2.25. The first-order chi connectivity index (χ1) is 12.7. The number of nitrogens with zero attached hydrogens (tertiary/aromatic N) is 2. The number of pyridine rings is 1. The van der Waals surface area contributed by atoms with Gasteiger partial charge in [-0.2, -0.15) is 0 Å². The van der Waals surface area contributed by atoms with Crippen LogP contribution >= 0.6 is 0 Å². The van der Waals surface area contributed by atoms with Crippen molar-refractivity contribution in [3.8, 4) is 0 Å². The second-order valence-electron chi connectivity index (χ2n) is 7.61. The standard InChI is InChI=1S/C21H23N3O3/c1-21(2,3)16-7-4-14(5-8-16)17(12-19(25)26)23-20(27)15-6-9-18-22-10-11-24(18)13-15/h4-11,13,17H,12H2,1-3H3,(H,23,27)(H,25,26). The summed E-state index contributed by atoms with van der Waals surface area (Å²) in [6.45, 7) is 6.35. The highest BCUT2D eigenvalue weighted by Gasteiger charge is 2.20. The van der Waals surface area contributed by atoms with Crippen LogP contribution in [-0.2, 0) is 10.2 Å². The van der Waals surface area contributed by atoms with Crippen LogP contribution in [0.1, 0.15) is 54.7 Å². The molecule has 3 aromatic rings. The molecule has 0 saturated carbocycles. The van der Waals surface area contributed by atoms with E-state index in [1.165, 1.54) is 0 Å². The van der Waals surface area contributed by atoms with Crippen LogP contribution in [0.25, 0.3) is 5.65 Å². The van der Waals surface area contributed by atoms with Crippen molar-refractivity contribution in [2.45, 2.75) is 38.6 Å². The molecule has 2 aromatic heterocycles. The van der Waals surface area contributed by atoms with Crippen LogP contribution in [0.3, 0.4) is 0 Å². The number of imidazole rings is 1. The smallest absolute Gasteiger partial charge is 0.305 e. The molecule has 2 N–H and O–H groups in total. The third kappa shape index (κ3) is 4.34. The fraction of sp³-hybridized carbons (Fsp3) is 0.286. The molecule has 0 radical (unpaired) electrons. The van der Waals surface area contributed by atoms with Crippen molar-refractivity contribution in [1.29, 1.82) is 0 Å². The Morgan fingerprint density at radius 1 is 1.15 bits per heavy atom. The number of aromatic nitrogens is 2. The normalized spacial score (nSPS) is 12.7. The third-order valence-electron chi connectivity index (χ3n) is 4.51. The molecule has 6 heteroatoms. The van der Waals surface area contributed by atoms with E-state index in [0.29, 0.717) is 5.56 Å². The van der Waals surface area contributed by atoms with Crippen molar-refractivity contribution >= 4 is 17.5 Å². The maximum atomic E-state index is 12.7. The summed E-state index contributed by atoms with van der Waals surface area (Å²) < 4.78 is 1.75. The molecule has 1 amide bonds. The summed E-state index contributed by atoms with van der Waals surface area (Å²) in [7, 11) is 0. The third-order valence-corrected chi connectivity index (χ3v) is 4.51. The number of amides is 1. The molecule has 0 spiro atoms. The van der Waals surface area contributed by atoms with E-state index in [9.17, 15) is 14.7 Å². The molecule has 0 aliphatic heterocycles. The van der Waals surface area contributed by atoms with E-state index in [1.807, 2.05) is 24.3 Å². The highest BCUT2D eigenvalue weighted by atomic mass is 16.4. The van der Waals surface area contributed by atoms with Crippen LogP contribution in [0.15, 0.2) is 55.0 Å². The van der Waals surface area contributed by atoms with Crippen LogP contribution in [0.2, 0.25) is 0 Å². The van der Waals surface area contributed by atoms with Gasteiger partial charge in [0.25, 0.3) is 5.91 Å².